The van der Waals surface area contributed by atoms with Crippen molar-refractivity contribution in [1.82, 2.24) is 15.6 Å². The highest BCUT2D eigenvalue weighted by molar-refractivity contribution is 6.11. The summed E-state index contributed by atoms with van der Waals surface area (Å²) in [7, 11) is 0. The van der Waals surface area contributed by atoms with Crippen molar-refractivity contribution in [2.75, 3.05) is 18.0 Å². The molecule has 3 aromatic rings. The smallest absolute Gasteiger partial charge is 0.254 e. The number of para-hydroxylation sites is 2. The number of H-pyrrole nitrogens is 1. The van der Waals surface area contributed by atoms with Gasteiger partial charge < -0.3 is 15.6 Å². The summed E-state index contributed by atoms with van der Waals surface area (Å²) in [5.74, 6) is 4.97. The molecule has 1 unspecified atom stereocenters. The number of anilines is 1. The van der Waals surface area contributed by atoms with Gasteiger partial charge in [0.15, 0.2) is 0 Å². The van der Waals surface area contributed by atoms with Gasteiger partial charge in [-0.05, 0) is 50.5 Å². The van der Waals surface area contributed by atoms with Crippen molar-refractivity contribution in [2.45, 2.75) is 39.2 Å². The number of rotatable bonds is 7. The van der Waals surface area contributed by atoms with Gasteiger partial charge in [0.1, 0.15) is 6.04 Å². The molecule has 2 aromatic carbocycles. The molecule has 3 amide bonds. The van der Waals surface area contributed by atoms with Crippen molar-refractivity contribution < 1.29 is 14.4 Å². The van der Waals surface area contributed by atoms with Crippen LogP contribution in [-0.2, 0) is 16.0 Å². The van der Waals surface area contributed by atoms with E-state index < -0.39 is 6.04 Å². The number of aromatic nitrogens is 1. The van der Waals surface area contributed by atoms with E-state index in [-0.39, 0.29) is 37.1 Å². The first-order valence-corrected chi connectivity index (χ1v) is 11.4. The third-order valence-corrected chi connectivity index (χ3v) is 6.11. The lowest BCUT2D eigenvalue weighted by molar-refractivity contribution is -0.122. The van der Waals surface area contributed by atoms with Gasteiger partial charge in [-0.3, -0.25) is 19.3 Å². The van der Waals surface area contributed by atoms with Crippen molar-refractivity contribution in [3.8, 4) is 11.8 Å². The van der Waals surface area contributed by atoms with E-state index in [0.29, 0.717) is 24.2 Å². The molecule has 0 bridgehead atoms. The maximum absolute atomic E-state index is 13.2. The summed E-state index contributed by atoms with van der Waals surface area (Å²) < 4.78 is 0. The van der Waals surface area contributed by atoms with Gasteiger partial charge >= 0.3 is 0 Å². The molecular formula is C27H28N4O3. The molecule has 1 atom stereocenters. The van der Waals surface area contributed by atoms with Gasteiger partial charge in [-0.25, -0.2) is 0 Å². The Balaban J connectivity index is 1.37. The number of nitrogens with zero attached hydrogens (tertiary/aromatic N) is 1. The van der Waals surface area contributed by atoms with Gasteiger partial charge in [0, 0.05) is 29.6 Å². The molecule has 1 aliphatic rings. The number of hydrogen-bond donors (Lipinski definition) is 3. The van der Waals surface area contributed by atoms with Gasteiger partial charge in [0.2, 0.25) is 11.8 Å². The molecule has 7 heteroatoms. The zero-order valence-corrected chi connectivity index (χ0v) is 19.4. The van der Waals surface area contributed by atoms with E-state index in [1.165, 1.54) is 10.5 Å². The summed E-state index contributed by atoms with van der Waals surface area (Å²) in [4.78, 5) is 43.4. The highest BCUT2D eigenvalue weighted by Crippen LogP contribution is 2.25. The Kier molecular flexibility index (Phi) is 6.98. The summed E-state index contributed by atoms with van der Waals surface area (Å²) in [5, 5.41) is 6.90. The second kappa shape index (κ2) is 10.3. The van der Waals surface area contributed by atoms with Crippen LogP contribution in [-0.4, -0.2) is 41.8 Å². The number of nitrogens with one attached hydrogen (secondary N) is 3. The predicted octanol–water partition coefficient (Wildman–Crippen LogP) is 3.08. The molecule has 0 saturated carbocycles. The molecule has 0 radical (unpaired) electrons. The Hall–Kier alpha value is -4.05. The fraction of sp³-hybridized carbons (Fsp3) is 0.296. The van der Waals surface area contributed by atoms with Crippen LogP contribution in [0, 0.1) is 18.8 Å². The van der Waals surface area contributed by atoms with E-state index in [4.69, 9.17) is 0 Å². The van der Waals surface area contributed by atoms with Crippen LogP contribution in [0.3, 0.4) is 0 Å². The highest BCUT2D eigenvalue weighted by atomic mass is 16.2. The number of carbonyl (C=O) groups excluding carboxylic acids is 3. The number of hydrogen-bond acceptors (Lipinski definition) is 3. The minimum atomic E-state index is -0.792. The molecule has 0 spiro atoms. The van der Waals surface area contributed by atoms with Crippen molar-refractivity contribution in [2.24, 2.45) is 0 Å². The first-order chi connectivity index (χ1) is 16.5. The molecular weight excluding hydrogens is 428 g/mol. The van der Waals surface area contributed by atoms with Crippen LogP contribution in [0.5, 0.6) is 0 Å². The van der Waals surface area contributed by atoms with Gasteiger partial charge in [-0.1, -0.05) is 36.3 Å². The van der Waals surface area contributed by atoms with E-state index in [9.17, 15) is 14.4 Å². The average Bonchev–Trinajstić information content (AvgIpc) is 3.11. The van der Waals surface area contributed by atoms with Crippen LogP contribution in [0.25, 0.3) is 10.9 Å². The quantitative estimate of drug-likeness (QED) is 0.477. The third-order valence-electron chi connectivity index (χ3n) is 6.11. The molecule has 0 fully saturated rings. The van der Waals surface area contributed by atoms with E-state index in [2.05, 4.69) is 33.5 Å². The summed E-state index contributed by atoms with van der Waals surface area (Å²) in [6, 6.07) is 14.3. The first-order valence-electron chi connectivity index (χ1n) is 11.4. The molecule has 174 valence electrons. The Morgan fingerprint density at radius 3 is 2.71 bits per heavy atom. The summed E-state index contributed by atoms with van der Waals surface area (Å²) >= 11 is 0. The maximum atomic E-state index is 13.2. The molecule has 0 saturated heterocycles. The zero-order valence-electron chi connectivity index (χ0n) is 19.4. The minimum absolute atomic E-state index is 0.132. The van der Waals surface area contributed by atoms with Crippen LogP contribution in [0.4, 0.5) is 5.69 Å². The fourth-order valence-electron chi connectivity index (χ4n) is 4.37. The molecule has 7 nitrogen and oxygen atoms in total. The number of carbonyl (C=O) groups is 3. The molecule has 0 aliphatic carbocycles. The zero-order chi connectivity index (χ0) is 24.1. The Morgan fingerprint density at radius 2 is 1.88 bits per heavy atom. The highest BCUT2D eigenvalue weighted by Gasteiger charge is 2.33. The van der Waals surface area contributed by atoms with Crippen molar-refractivity contribution in [3.05, 3.63) is 65.4 Å². The summed E-state index contributed by atoms with van der Waals surface area (Å²) in [6.45, 7) is 4.42. The van der Waals surface area contributed by atoms with Gasteiger partial charge in [0.05, 0.1) is 17.8 Å². The average molecular weight is 457 g/mol. The second-order valence-corrected chi connectivity index (χ2v) is 8.31. The largest absolute Gasteiger partial charge is 0.358 e. The molecule has 34 heavy (non-hydrogen) atoms. The van der Waals surface area contributed by atoms with Gasteiger partial charge in [-0.2, -0.15) is 0 Å². The number of benzene rings is 2. The Morgan fingerprint density at radius 1 is 1.12 bits per heavy atom. The van der Waals surface area contributed by atoms with Gasteiger partial charge in [0.25, 0.3) is 5.91 Å². The standard InChI is InChI=1S/C27H28N4O3/c1-3-4-17-31-24-12-8-6-10-21(24)26(33)30-23(27(31)34)13-14-25(32)28-16-15-19-18(2)29-22-11-7-5-9-20(19)22/h5-12,23,29H,13-17H2,1-2H3,(H,28,32)(H,30,33). The predicted molar refractivity (Wildman–Crippen MR) is 132 cm³/mol. The van der Waals surface area contributed by atoms with E-state index >= 15 is 0 Å². The molecule has 1 aliphatic heterocycles. The molecule has 4 rings (SSSR count). The first kappa shape index (κ1) is 23.1. The number of aromatic amines is 1. The van der Waals surface area contributed by atoms with Crippen LogP contribution < -0.4 is 15.5 Å². The van der Waals surface area contributed by atoms with Crippen molar-refractivity contribution in [3.63, 3.8) is 0 Å². The van der Waals surface area contributed by atoms with E-state index in [1.807, 2.05) is 25.1 Å². The SMILES string of the molecule is CC#CCN1C(=O)C(CCC(=O)NCCc2c(C)[nH]c3ccccc23)NC(=O)c2ccccc21. The summed E-state index contributed by atoms with van der Waals surface area (Å²) in [5.41, 5.74) is 4.33. The number of fused-ring (bicyclic) bond motifs is 2. The second-order valence-electron chi connectivity index (χ2n) is 8.31. The number of aryl methyl sites for hydroxylation is 1. The van der Waals surface area contributed by atoms with Crippen LogP contribution in [0.1, 0.15) is 41.4 Å². The molecule has 2 heterocycles. The van der Waals surface area contributed by atoms with Crippen molar-refractivity contribution >= 4 is 34.3 Å². The monoisotopic (exact) mass is 456 g/mol. The minimum Gasteiger partial charge on any atom is -0.358 e. The topological polar surface area (TPSA) is 94.3 Å². The van der Waals surface area contributed by atoms with Crippen LogP contribution in [0.2, 0.25) is 0 Å². The third kappa shape index (κ3) is 4.81. The normalized spacial score (nSPS) is 15.2. The molecule has 1 aromatic heterocycles. The number of amides is 3. The Labute approximate surface area is 198 Å². The maximum Gasteiger partial charge on any atom is 0.254 e. The van der Waals surface area contributed by atoms with E-state index in [0.717, 1.165) is 16.6 Å². The lowest BCUT2D eigenvalue weighted by atomic mass is 10.1. The Bertz CT molecular complexity index is 1300. The van der Waals surface area contributed by atoms with Crippen LogP contribution >= 0.6 is 0 Å². The summed E-state index contributed by atoms with van der Waals surface area (Å²) in [6.07, 6.45) is 1.05. The lowest BCUT2D eigenvalue weighted by Gasteiger charge is -2.23. The molecule has 3 N–H and O–H groups in total. The van der Waals surface area contributed by atoms with Gasteiger partial charge in [-0.15, -0.1) is 5.92 Å². The lowest BCUT2D eigenvalue weighted by Crippen LogP contribution is -2.46. The van der Waals surface area contributed by atoms with E-state index in [1.54, 1.807) is 31.2 Å². The fourth-order valence-corrected chi connectivity index (χ4v) is 4.37. The van der Waals surface area contributed by atoms with Crippen LogP contribution in [0.15, 0.2) is 48.5 Å². The van der Waals surface area contributed by atoms with Crippen molar-refractivity contribution in [1.29, 1.82) is 0 Å².